The van der Waals surface area contributed by atoms with Gasteiger partial charge in [0.05, 0.1) is 10.8 Å². The molecule has 3 rings (SSSR count). The van der Waals surface area contributed by atoms with Crippen LogP contribution in [-0.2, 0) is 4.79 Å². The zero-order valence-electron chi connectivity index (χ0n) is 12.8. The van der Waals surface area contributed by atoms with Crippen molar-refractivity contribution in [3.05, 3.63) is 34.7 Å². The zero-order valence-corrected chi connectivity index (χ0v) is 13.7. The van der Waals surface area contributed by atoms with Crippen molar-refractivity contribution in [1.29, 1.82) is 0 Å². The van der Waals surface area contributed by atoms with Gasteiger partial charge in [-0.25, -0.2) is 0 Å². The first kappa shape index (κ1) is 15.0. The van der Waals surface area contributed by atoms with E-state index < -0.39 is 0 Å². The molecule has 1 aromatic heterocycles. The quantitative estimate of drug-likeness (QED) is 0.926. The highest BCUT2D eigenvalue weighted by Gasteiger charge is 2.33. The maximum absolute atomic E-state index is 13.0. The number of rotatable bonds is 2. The number of likely N-dealkylation sites (tertiary alicyclic amines) is 1. The Morgan fingerprint density at radius 3 is 2.68 bits per heavy atom. The van der Waals surface area contributed by atoms with Gasteiger partial charge in [0, 0.05) is 17.3 Å². The molecule has 2 atom stereocenters. The summed E-state index contributed by atoms with van der Waals surface area (Å²) in [7, 11) is 0. The van der Waals surface area contributed by atoms with Crippen LogP contribution in [-0.4, -0.2) is 29.3 Å². The van der Waals surface area contributed by atoms with Crippen LogP contribution < -0.4 is 5.73 Å². The number of carbonyl (C=O) groups is 2. The van der Waals surface area contributed by atoms with E-state index in [1.807, 2.05) is 43.0 Å². The molecule has 1 aliphatic heterocycles. The first-order valence-electron chi connectivity index (χ1n) is 7.57. The number of carbonyl (C=O) groups excluding carboxylic acids is 2. The second-order valence-electron chi connectivity index (χ2n) is 6.04. The zero-order chi connectivity index (χ0) is 15.9. The molecular formula is C17H20N2O2S. The van der Waals surface area contributed by atoms with Crippen LogP contribution >= 0.6 is 11.3 Å². The highest BCUT2D eigenvalue weighted by molar-refractivity contribution is 7.21. The Morgan fingerprint density at radius 1 is 1.27 bits per heavy atom. The Labute approximate surface area is 133 Å². The predicted octanol–water partition coefficient (Wildman–Crippen LogP) is 2.94. The highest BCUT2D eigenvalue weighted by Crippen LogP contribution is 2.33. The average Bonchev–Trinajstić information content (AvgIpc) is 2.84. The molecule has 116 valence electrons. The Hall–Kier alpha value is -1.88. The third-order valence-corrected chi connectivity index (χ3v) is 5.84. The SMILES string of the molecule is Cc1c(C(=O)N2CC(C(N)=O)CCC2C)sc2ccccc12. The van der Waals surface area contributed by atoms with Gasteiger partial charge in [-0.3, -0.25) is 9.59 Å². The number of aryl methyl sites for hydroxylation is 1. The smallest absolute Gasteiger partial charge is 0.264 e. The van der Waals surface area contributed by atoms with E-state index in [9.17, 15) is 9.59 Å². The third-order valence-electron chi connectivity index (χ3n) is 4.58. The lowest BCUT2D eigenvalue weighted by molar-refractivity contribution is -0.123. The lowest BCUT2D eigenvalue weighted by Gasteiger charge is -2.36. The fourth-order valence-electron chi connectivity index (χ4n) is 3.13. The summed E-state index contributed by atoms with van der Waals surface area (Å²) >= 11 is 1.53. The van der Waals surface area contributed by atoms with E-state index in [0.717, 1.165) is 33.4 Å². The maximum Gasteiger partial charge on any atom is 0.264 e. The second kappa shape index (κ2) is 5.72. The van der Waals surface area contributed by atoms with Gasteiger partial charge >= 0.3 is 0 Å². The van der Waals surface area contributed by atoms with E-state index >= 15 is 0 Å². The lowest BCUT2D eigenvalue weighted by atomic mass is 9.92. The first-order valence-corrected chi connectivity index (χ1v) is 8.39. The number of nitrogens with zero attached hydrogens (tertiary/aromatic N) is 1. The number of piperidine rings is 1. The van der Waals surface area contributed by atoms with Gasteiger partial charge in [-0.15, -0.1) is 11.3 Å². The van der Waals surface area contributed by atoms with Crippen molar-refractivity contribution in [1.82, 2.24) is 4.90 Å². The van der Waals surface area contributed by atoms with Crippen molar-refractivity contribution in [3.63, 3.8) is 0 Å². The molecule has 0 aliphatic carbocycles. The van der Waals surface area contributed by atoms with Gasteiger partial charge in [-0.2, -0.15) is 0 Å². The van der Waals surface area contributed by atoms with Gasteiger partial charge in [-0.05, 0) is 43.7 Å². The molecule has 2 unspecified atom stereocenters. The molecule has 2 N–H and O–H groups in total. The van der Waals surface area contributed by atoms with Crippen molar-refractivity contribution in [3.8, 4) is 0 Å². The fourth-order valence-corrected chi connectivity index (χ4v) is 4.30. The van der Waals surface area contributed by atoms with Crippen LogP contribution in [0.2, 0.25) is 0 Å². The number of benzene rings is 1. The van der Waals surface area contributed by atoms with Crippen LogP contribution in [0.5, 0.6) is 0 Å². The minimum atomic E-state index is -0.308. The second-order valence-corrected chi connectivity index (χ2v) is 7.09. The molecule has 4 nitrogen and oxygen atoms in total. The van der Waals surface area contributed by atoms with Gasteiger partial charge in [0.2, 0.25) is 5.91 Å². The van der Waals surface area contributed by atoms with Crippen LogP contribution in [0.4, 0.5) is 0 Å². The van der Waals surface area contributed by atoms with Crippen molar-refractivity contribution in [2.75, 3.05) is 6.54 Å². The normalized spacial score (nSPS) is 22.0. The molecule has 2 heterocycles. The Kier molecular flexibility index (Phi) is 3.91. The van der Waals surface area contributed by atoms with Crippen molar-refractivity contribution >= 4 is 33.2 Å². The van der Waals surface area contributed by atoms with Gasteiger partial charge in [0.1, 0.15) is 0 Å². The molecular weight excluding hydrogens is 296 g/mol. The van der Waals surface area contributed by atoms with E-state index in [-0.39, 0.29) is 23.8 Å². The standard InChI is InChI=1S/C17H20N2O2S/c1-10-7-8-12(16(18)20)9-19(10)17(21)15-11(2)13-5-3-4-6-14(13)22-15/h3-6,10,12H,7-9H2,1-2H3,(H2,18,20). The molecule has 0 bridgehead atoms. The van der Waals surface area contributed by atoms with Crippen LogP contribution in [0.15, 0.2) is 24.3 Å². The molecule has 0 spiro atoms. The number of amides is 2. The lowest BCUT2D eigenvalue weighted by Crippen LogP contribution is -2.48. The molecule has 2 amide bonds. The van der Waals surface area contributed by atoms with Crippen molar-refractivity contribution in [2.45, 2.75) is 32.7 Å². The van der Waals surface area contributed by atoms with E-state index in [2.05, 4.69) is 0 Å². The molecule has 1 aliphatic rings. The highest BCUT2D eigenvalue weighted by atomic mass is 32.1. The summed E-state index contributed by atoms with van der Waals surface area (Å²) in [4.78, 5) is 27.0. The topological polar surface area (TPSA) is 63.4 Å². The number of hydrogen-bond donors (Lipinski definition) is 1. The Morgan fingerprint density at radius 2 is 2.00 bits per heavy atom. The van der Waals surface area contributed by atoms with E-state index in [0.29, 0.717) is 6.54 Å². The van der Waals surface area contributed by atoms with Crippen LogP contribution in [0.25, 0.3) is 10.1 Å². The monoisotopic (exact) mass is 316 g/mol. The van der Waals surface area contributed by atoms with Crippen molar-refractivity contribution in [2.24, 2.45) is 11.7 Å². The third kappa shape index (κ3) is 2.50. The summed E-state index contributed by atoms with van der Waals surface area (Å²) < 4.78 is 1.12. The summed E-state index contributed by atoms with van der Waals surface area (Å²) in [6.07, 6.45) is 1.59. The van der Waals surface area contributed by atoms with E-state index in [4.69, 9.17) is 5.73 Å². The number of hydrogen-bond acceptors (Lipinski definition) is 3. The predicted molar refractivity (Wildman–Crippen MR) is 89.0 cm³/mol. The van der Waals surface area contributed by atoms with E-state index in [1.165, 1.54) is 11.3 Å². The number of primary amides is 1. The minimum Gasteiger partial charge on any atom is -0.369 e. The summed E-state index contributed by atoms with van der Waals surface area (Å²) in [6, 6.07) is 8.20. The minimum absolute atomic E-state index is 0.0251. The molecule has 1 saturated heterocycles. The first-order chi connectivity index (χ1) is 10.5. The van der Waals surface area contributed by atoms with Gasteiger partial charge in [-0.1, -0.05) is 18.2 Å². The summed E-state index contributed by atoms with van der Waals surface area (Å²) in [6.45, 7) is 4.47. The fraction of sp³-hybridized carbons (Fsp3) is 0.412. The molecule has 1 aromatic carbocycles. The average molecular weight is 316 g/mol. The van der Waals surface area contributed by atoms with Crippen LogP contribution in [0, 0.1) is 12.8 Å². The number of fused-ring (bicyclic) bond motifs is 1. The van der Waals surface area contributed by atoms with Crippen LogP contribution in [0.3, 0.4) is 0 Å². The molecule has 1 fully saturated rings. The maximum atomic E-state index is 13.0. The summed E-state index contributed by atoms with van der Waals surface area (Å²) in [5.41, 5.74) is 6.46. The van der Waals surface area contributed by atoms with E-state index in [1.54, 1.807) is 0 Å². The molecule has 2 aromatic rings. The van der Waals surface area contributed by atoms with Gasteiger partial charge in [0.15, 0.2) is 0 Å². The molecule has 22 heavy (non-hydrogen) atoms. The molecule has 5 heteroatoms. The Bertz CT molecular complexity index is 737. The van der Waals surface area contributed by atoms with Crippen LogP contribution in [0.1, 0.15) is 35.0 Å². The molecule has 0 saturated carbocycles. The summed E-state index contributed by atoms with van der Waals surface area (Å²) in [5, 5.41) is 1.13. The molecule has 0 radical (unpaired) electrons. The van der Waals surface area contributed by atoms with Crippen molar-refractivity contribution < 1.29 is 9.59 Å². The Balaban J connectivity index is 1.94. The van der Waals surface area contributed by atoms with Gasteiger partial charge < -0.3 is 10.6 Å². The van der Waals surface area contributed by atoms with Gasteiger partial charge in [0.25, 0.3) is 5.91 Å². The summed E-state index contributed by atoms with van der Waals surface area (Å²) in [5.74, 6) is -0.509. The largest absolute Gasteiger partial charge is 0.369 e. The number of nitrogens with two attached hydrogens (primary N) is 1. The number of thiophene rings is 1.